The summed E-state index contributed by atoms with van der Waals surface area (Å²) in [6, 6.07) is 11.4. The van der Waals surface area contributed by atoms with Gasteiger partial charge >= 0.3 is 0 Å². The minimum absolute atomic E-state index is 0.150. The molecule has 2 atom stereocenters. The molecule has 0 saturated carbocycles. The molecule has 2 aromatic carbocycles. The number of carbonyl (C=O) groups is 1. The third-order valence-electron chi connectivity index (χ3n) is 5.63. The van der Waals surface area contributed by atoms with Crippen LogP contribution in [-0.2, 0) is 14.8 Å². The number of nitrogens with one attached hydrogen (secondary N) is 1. The van der Waals surface area contributed by atoms with E-state index in [1.807, 2.05) is 39.0 Å². The maximum absolute atomic E-state index is 13.0. The molecule has 1 amide bonds. The molecule has 3 rings (SSSR count). The van der Waals surface area contributed by atoms with E-state index in [2.05, 4.69) is 5.32 Å². The number of rotatable bonds is 9. The van der Waals surface area contributed by atoms with Crippen LogP contribution in [0.3, 0.4) is 0 Å². The minimum atomic E-state index is -3.68. The van der Waals surface area contributed by atoms with Crippen LogP contribution in [-0.4, -0.2) is 44.9 Å². The highest BCUT2D eigenvalue weighted by molar-refractivity contribution is 7.89. The van der Waals surface area contributed by atoms with Crippen LogP contribution in [0.25, 0.3) is 0 Å². The molecule has 9 heteroatoms. The Morgan fingerprint density at radius 1 is 1.12 bits per heavy atom. The molecule has 0 spiro atoms. The van der Waals surface area contributed by atoms with E-state index in [1.165, 1.54) is 16.4 Å². The van der Waals surface area contributed by atoms with Gasteiger partial charge in [-0.25, -0.2) is 8.42 Å². The van der Waals surface area contributed by atoms with Crippen LogP contribution in [0.15, 0.2) is 47.4 Å². The summed E-state index contributed by atoms with van der Waals surface area (Å²) in [6.45, 7) is 7.28. The van der Waals surface area contributed by atoms with E-state index >= 15 is 0 Å². The monoisotopic (exact) mass is 494 g/mol. The number of hydrogen-bond donors (Lipinski definition) is 1. The lowest BCUT2D eigenvalue weighted by atomic mass is 9.98. The molecule has 0 unspecified atom stereocenters. The van der Waals surface area contributed by atoms with Gasteiger partial charge in [-0.3, -0.25) is 4.79 Å². The molecule has 33 heavy (non-hydrogen) atoms. The maximum Gasteiger partial charge on any atom is 0.243 e. The van der Waals surface area contributed by atoms with Gasteiger partial charge in [-0.05, 0) is 75.6 Å². The van der Waals surface area contributed by atoms with Gasteiger partial charge in [-0.1, -0.05) is 17.7 Å². The number of hydrogen-bond acceptors (Lipinski definition) is 5. The van der Waals surface area contributed by atoms with Crippen molar-refractivity contribution in [3.8, 4) is 11.5 Å². The predicted octanol–water partition coefficient (Wildman–Crippen LogP) is 4.42. The topological polar surface area (TPSA) is 84.9 Å². The number of halogens is 1. The molecule has 180 valence electrons. The minimum Gasteiger partial charge on any atom is -0.490 e. The highest BCUT2D eigenvalue weighted by Gasteiger charge is 2.33. The van der Waals surface area contributed by atoms with Crippen LogP contribution < -0.4 is 14.8 Å². The summed E-state index contributed by atoms with van der Waals surface area (Å²) in [7, 11) is -3.68. The van der Waals surface area contributed by atoms with Gasteiger partial charge in [0.15, 0.2) is 11.5 Å². The molecule has 0 aromatic heterocycles. The van der Waals surface area contributed by atoms with Crippen molar-refractivity contribution in [2.24, 2.45) is 5.92 Å². The zero-order chi connectivity index (χ0) is 24.0. The summed E-state index contributed by atoms with van der Waals surface area (Å²) in [5.41, 5.74) is 0.886. The Morgan fingerprint density at radius 3 is 2.45 bits per heavy atom. The van der Waals surface area contributed by atoms with Crippen molar-refractivity contribution < 1.29 is 22.7 Å². The molecule has 0 bridgehead atoms. The lowest BCUT2D eigenvalue weighted by molar-refractivity contribution is -0.126. The van der Waals surface area contributed by atoms with Crippen LogP contribution in [0.4, 0.5) is 0 Å². The molecule has 1 saturated heterocycles. The number of piperidine rings is 1. The van der Waals surface area contributed by atoms with Gasteiger partial charge in [0.05, 0.1) is 30.1 Å². The SMILES string of the molecule is CCOc1ccc([C@H](C)NC(=O)[C@@H]2CCCN(S(=O)(=O)c3ccc(Cl)cc3)C2)cc1OCC. The number of carbonyl (C=O) groups excluding carboxylic acids is 1. The number of nitrogens with zero attached hydrogens (tertiary/aromatic N) is 1. The Kier molecular flexibility index (Phi) is 8.62. The first-order valence-electron chi connectivity index (χ1n) is 11.2. The van der Waals surface area contributed by atoms with Gasteiger partial charge in [-0.15, -0.1) is 0 Å². The normalized spacial score (nSPS) is 17.9. The zero-order valence-corrected chi connectivity index (χ0v) is 20.8. The quantitative estimate of drug-likeness (QED) is 0.558. The largest absolute Gasteiger partial charge is 0.490 e. The third-order valence-corrected chi connectivity index (χ3v) is 7.76. The fraction of sp³-hybridized carbons (Fsp3) is 0.458. The Balaban J connectivity index is 1.68. The van der Waals surface area contributed by atoms with Crippen molar-refractivity contribution in [1.29, 1.82) is 0 Å². The highest BCUT2D eigenvalue weighted by atomic mass is 35.5. The van der Waals surface area contributed by atoms with Crippen molar-refractivity contribution in [1.82, 2.24) is 9.62 Å². The van der Waals surface area contributed by atoms with Crippen LogP contribution in [0.5, 0.6) is 11.5 Å². The Bertz CT molecular complexity index is 1060. The van der Waals surface area contributed by atoms with Crippen LogP contribution in [0.1, 0.15) is 45.2 Å². The molecule has 0 aliphatic carbocycles. The van der Waals surface area contributed by atoms with Crippen LogP contribution >= 0.6 is 11.6 Å². The second-order valence-electron chi connectivity index (χ2n) is 7.96. The zero-order valence-electron chi connectivity index (χ0n) is 19.2. The van der Waals surface area contributed by atoms with Crippen molar-refractivity contribution in [2.75, 3.05) is 26.3 Å². The highest BCUT2D eigenvalue weighted by Crippen LogP contribution is 2.31. The molecule has 1 heterocycles. The molecule has 1 fully saturated rings. The molecule has 1 aliphatic rings. The fourth-order valence-corrected chi connectivity index (χ4v) is 5.53. The number of amides is 1. The van der Waals surface area contributed by atoms with Gasteiger partial charge in [-0.2, -0.15) is 4.31 Å². The summed E-state index contributed by atoms with van der Waals surface area (Å²) in [5, 5.41) is 3.50. The van der Waals surface area contributed by atoms with E-state index < -0.39 is 15.9 Å². The summed E-state index contributed by atoms with van der Waals surface area (Å²) in [6.07, 6.45) is 1.26. The standard InChI is InChI=1S/C24H31ClN2O5S/c1-4-31-22-13-8-18(15-23(22)32-5-2)17(3)26-24(28)19-7-6-14-27(16-19)33(29,30)21-11-9-20(25)10-12-21/h8-13,15,17,19H,4-7,14,16H2,1-3H3,(H,26,28)/t17-,19+/m0/s1. The van der Waals surface area contributed by atoms with E-state index in [0.717, 1.165) is 5.56 Å². The van der Waals surface area contributed by atoms with Gasteiger partial charge in [0.2, 0.25) is 15.9 Å². The molecule has 2 aromatic rings. The molecule has 7 nitrogen and oxygen atoms in total. The average molecular weight is 495 g/mol. The van der Waals surface area contributed by atoms with E-state index in [9.17, 15) is 13.2 Å². The van der Waals surface area contributed by atoms with E-state index in [-0.39, 0.29) is 23.4 Å². The smallest absolute Gasteiger partial charge is 0.243 e. The Hall–Kier alpha value is -2.29. The lowest BCUT2D eigenvalue weighted by Crippen LogP contribution is -2.45. The van der Waals surface area contributed by atoms with Gasteiger partial charge in [0, 0.05) is 18.1 Å². The molecule has 0 radical (unpaired) electrons. The second kappa shape index (κ2) is 11.2. The number of ether oxygens (including phenoxy) is 2. The number of sulfonamides is 1. The predicted molar refractivity (Wildman–Crippen MR) is 128 cm³/mol. The van der Waals surface area contributed by atoms with E-state index in [0.29, 0.717) is 49.1 Å². The Labute approximate surface area is 201 Å². The maximum atomic E-state index is 13.0. The first-order chi connectivity index (χ1) is 15.8. The van der Waals surface area contributed by atoms with Crippen LogP contribution in [0.2, 0.25) is 5.02 Å². The van der Waals surface area contributed by atoms with Gasteiger partial charge in [0.25, 0.3) is 0 Å². The molecular formula is C24H31ClN2O5S. The van der Waals surface area contributed by atoms with Crippen LogP contribution in [0, 0.1) is 5.92 Å². The van der Waals surface area contributed by atoms with E-state index in [1.54, 1.807) is 12.1 Å². The van der Waals surface area contributed by atoms with Crippen molar-refractivity contribution in [2.45, 2.75) is 44.6 Å². The van der Waals surface area contributed by atoms with Gasteiger partial charge < -0.3 is 14.8 Å². The van der Waals surface area contributed by atoms with Gasteiger partial charge in [0.1, 0.15) is 0 Å². The summed E-state index contributed by atoms with van der Waals surface area (Å²) >= 11 is 5.89. The molecule has 1 N–H and O–H groups in total. The van der Waals surface area contributed by atoms with Crippen molar-refractivity contribution in [3.05, 3.63) is 53.1 Å². The average Bonchev–Trinajstić information content (AvgIpc) is 2.81. The fourth-order valence-electron chi connectivity index (χ4n) is 3.88. The summed E-state index contributed by atoms with van der Waals surface area (Å²) in [5.74, 6) is 0.718. The second-order valence-corrected chi connectivity index (χ2v) is 10.3. The lowest BCUT2D eigenvalue weighted by Gasteiger charge is -2.32. The Morgan fingerprint density at radius 2 is 1.79 bits per heavy atom. The van der Waals surface area contributed by atoms with E-state index in [4.69, 9.17) is 21.1 Å². The third kappa shape index (κ3) is 6.19. The molecular weight excluding hydrogens is 464 g/mol. The summed E-state index contributed by atoms with van der Waals surface area (Å²) in [4.78, 5) is 13.2. The molecule has 1 aliphatic heterocycles. The van der Waals surface area contributed by atoms with Crippen molar-refractivity contribution in [3.63, 3.8) is 0 Å². The van der Waals surface area contributed by atoms with Crippen molar-refractivity contribution >= 4 is 27.5 Å². The first kappa shape index (κ1) is 25.3. The first-order valence-corrected chi connectivity index (χ1v) is 13.0. The summed E-state index contributed by atoms with van der Waals surface area (Å²) < 4.78 is 38.7. The number of benzene rings is 2.